The molecule has 22 heavy (non-hydrogen) atoms. The topological polar surface area (TPSA) is 45.2 Å². The first-order chi connectivity index (χ1) is 10.6. The third-order valence-electron chi connectivity index (χ3n) is 5.04. The Morgan fingerprint density at radius 3 is 2.64 bits per heavy atom. The van der Waals surface area contributed by atoms with Gasteiger partial charge in [-0.1, -0.05) is 32.6 Å². The second kappa shape index (κ2) is 6.28. The number of hydrogen-bond acceptors (Lipinski definition) is 4. The molecule has 0 unspecified atom stereocenters. The van der Waals surface area contributed by atoms with Crippen molar-refractivity contribution in [1.29, 1.82) is 0 Å². The van der Waals surface area contributed by atoms with Gasteiger partial charge in [-0.3, -0.25) is 10.1 Å². The van der Waals surface area contributed by atoms with Crippen molar-refractivity contribution in [3.05, 3.63) is 15.6 Å². The Morgan fingerprint density at radius 2 is 2.05 bits per heavy atom. The van der Waals surface area contributed by atoms with Gasteiger partial charge in [-0.05, 0) is 33.1 Å². The Morgan fingerprint density at radius 1 is 1.32 bits per heavy atom. The number of rotatable bonds is 4. The minimum atomic E-state index is -0.305. The highest BCUT2D eigenvalue weighted by Crippen LogP contribution is 2.41. The van der Waals surface area contributed by atoms with Crippen LogP contribution in [0.25, 0.3) is 0 Å². The van der Waals surface area contributed by atoms with E-state index in [0.717, 1.165) is 55.8 Å². The molecule has 1 saturated carbocycles. The molecule has 1 saturated heterocycles. The summed E-state index contributed by atoms with van der Waals surface area (Å²) in [6.07, 6.45) is 7.77. The molecule has 1 atom stereocenters. The fourth-order valence-corrected chi connectivity index (χ4v) is 4.87. The van der Waals surface area contributed by atoms with Gasteiger partial charge in [-0.2, -0.15) is 0 Å². The van der Waals surface area contributed by atoms with Gasteiger partial charge in [0, 0.05) is 6.54 Å². The van der Waals surface area contributed by atoms with Crippen LogP contribution in [0.5, 0.6) is 0 Å². The standard InChI is InChI=1S/C17H27N3OS/c1-4-5-11-20-15(14-12(2)18-13(3)22-14)19-17(16(20)21)9-7-6-8-10-17/h15,19H,4-11H2,1-3H3/t15-/m1/s1. The number of nitrogens with one attached hydrogen (secondary N) is 1. The van der Waals surface area contributed by atoms with E-state index in [1.54, 1.807) is 11.3 Å². The van der Waals surface area contributed by atoms with Crippen molar-refractivity contribution >= 4 is 17.2 Å². The molecule has 1 aromatic rings. The predicted octanol–water partition coefficient (Wildman–Crippen LogP) is 3.69. The maximum absolute atomic E-state index is 13.1. The summed E-state index contributed by atoms with van der Waals surface area (Å²) in [4.78, 5) is 21.0. The fraction of sp³-hybridized carbons (Fsp3) is 0.765. The molecular weight excluding hydrogens is 294 g/mol. The van der Waals surface area contributed by atoms with Crippen LogP contribution in [0.3, 0.4) is 0 Å². The Kier molecular flexibility index (Phi) is 4.55. The number of thiazole rings is 1. The molecule has 1 spiro atoms. The van der Waals surface area contributed by atoms with Gasteiger partial charge in [0.2, 0.25) is 5.91 Å². The molecular formula is C17H27N3OS. The van der Waals surface area contributed by atoms with Gasteiger partial charge in [-0.25, -0.2) is 4.98 Å². The van der Waals surface area contributed by atoms with Gasteiger partial charge in [0.15, 0.2) is 0 Å². The Bertz CT molecular complexity index is 548. The van der Waals surface area contributed by atoms with E-state index < -0.39 is 0 Å². The summed E-state index contributed by atoms with van der Waals surface area (Å²) in [5.74, 6) is 0.330. The number of aromatic nitrogens is 1. The summed E-state index contributed by atoms with van der Waals surface area (Å²) in [5, 5.41) is 4.82. The van der Waals surface area contributed by atoms with Crippen LogP contribution in [0.15, 0.2) is 0 Å². The summed E-state index contributed by atoms with van der Waals surface area (Å²) in [5.41, 5.74) is 0.767. The lowest BCUT2D eigenvalue weighted by Crippen LogP contribution is -2.48. The SMILES string of the molecule is CCCCN1C(=O)C2(CCCCC2)N[C@H]1c1sc(C)nc1C. The minimum Gasteiger partial charge on any atom is -0.320 e. The van der Waals surface area contributed by atoms with Gasteiger partial charge in [-0.15, -0.1) is 11.3 Å². The Labute approximate surface area is 137 Å². The molecule has 122 valence electrons. The van der Waals surface area contributed by atoms with Crippen molar-refractivity contribution in [2.45, 2.75) is 77.4 Å². The molecule has 1 N–H and O–H groups in total. The average Bonchev–Trinajstić information content (AvgIpc) is 2.97. The molecule has 2 heterocycles. The van der Waals surface area contributed by atoms with E-state index in [-0.39, 0.29) is 11.7 Å². The Hall–Kier alpha value is -0.940. The maximum Gasteiger partial charge on any atom is 0.244 e. The molecule has 1 aliphatic carbocycles. The second-order valence-corrected chi connectivity index (χ2v) is 7.96. The van der Waals surface area contributed by atoms with Crippen LogP contribution in [0.1, 0.15) is 73.6 Å². The monoisotopic (exact) mass is 321 g/mol. The molecule has 3 rings (SSSR count). The van der Waals surface area contributed by atoms with Crippen LogP contribution in [0, 0.1) is 13.8 Å². The highest BCUT2D eigenvalue weighted by Gasteiger charge is 2.52. The van der Waals surface area contributed by atoms with E-state index in [4.69, 9.17) is 0 Å². The highest BCUT2D eigenvalue weighted by atomic mass is 32.1. The average molecular weight is 321 g/mol. The molecule has 0 radical (unpaired) electrons. The number of carbonyl (C=O) groups is 1. The minimum absolute atomic E-state index is 0.0309. The smallest absolute Gasteiger partial charge is 0.244 e. The van der Waals surface area contributed by atoms with Crippen molar-refractivity contribution in [2.24, 2.45) is 0 Å². The molecule has 1 aliphatic heterocycles. The summed E-state index contributed by atoms with van der Waals surface area (Å²) >= 11 is 1.73. The number of carbonyl (C=O) groups excluding carboxylic acids is 1. The van der Waals surface area contributed by atoms with E-state index in [1.165, 1.54) is 11.3 Å². The van der Waals surface area contributed by atoms with E-state index in [9.17, 15) is 4.79 Å². The van der Waals surface area contributed by atoms with E-state index in [0.29, 0.717) is 5.91 Å². The number of unbranched alkanes of at least 4 members (excludes halogenated alkanes) is 1. The highest BCUT2D eigenvalue weighted by molar-refractivity contribution is 7.11. The third kappa shape index (κ3) is 2.69. The van der Waals surface area contributed by atoms with Crippen molar-refractivity contribution < 1.29 is 4.79 Å². The van der Waals surface area contributed by atoms with Crippen molar-refractivity contribution in [3.63, 3.8) is 0 Å². The number of nitrogens with zero attached hydrogens (tertiary/aromatic N) is 2. The van der Waals surface area contributed by atoms with Gasteiger partial charge >= 0.3 is 0 Å². The molecule has 0 aromatic carbocycles. The zero-order valence-electron chi connectivity index (χ0n) is 13.9. The molecule has 0 bridgehead atoms. The van der Waals surface area contributed by atoms with Crippen LogP contribution in [-0.2, 0) is 4.79 Å². The quantitative estimate of drug-likeness (QED) is 0.920. The molecule has 4 nitrogen and oxygen atoms in total. The predicted molar refractivity (Wildman–Crippen MR) is 89.9 cm³/mol. The molecule has 1 aromatic heterocycles. The molecule has 5 heteroatoms. The summed E-state index contributed by atoms with van der Waals surface area (Å²) in [6, 6.07) is 0. The maximum atomic E-state index is 13.1. The lowest BCUT2D eigenvalue weighted by molar-refractivity contribution is -0.134. The number of aryl methyl sites for hydroxylation is 2. The largest absolute Gasteiger partial charge is 0.320 e. The van der Waals surface area contributed by atoms with E-state index >= 15 is 0 Å². The zero-order valence-corrected chi connectivity index (χ0v) is 14.8. The van der Waals surface area contributed by atoms with Gasteiger partial charge in [0.1, 0.15) is 6.17 Å². The summed E-state index contributed by atoms with van der Waals surface area (Å²) < 4.78 is 0. The zero-order chi connectivity index (χ0) is 15.7. The third-order valence-corrected chi connectivity index (χ3v) is 6.17. The lowest BCUT2D eigenvalue weighted by Gasteiger charge is -2.31. The molecule has 2 fully saturated rings. The first-order valence-electron chi connectivity index (χ1n) is 8.60. The number of hydrogen-bond donors (Lipinski definition) is 1. The number of amides is 1. The summed E-state index contributed by atoms with van der Waals surface area (Å²) in [7, 11) is 0. The van der Waals surface area contributed by atoms with Crippen molar-refractivity contribution in [1.82, 2.24) is 15.2 Å². The van der Waals surface area contributed by atoms with Crippen LogP contribution in [-0.4, -0.2) is 27.9 Å². The first-order valence-corrected chi connectivity index (χ1v) is 9.42. The lowest BCUT2D eigenvalue weighted by atomic mass is 9.81. The van der Waals surface area contributed by atoms with Gasteiger partial charge < -0.3 is 4.90 Å². The molecule has 1 amide bonds. The Balaban J connectivity index is 1.92. The van der Waals surface area contributed by atoms with Gasteiger partial charge in [0.25, 0.3) is 0 Å². The van der Waals surface area contributed by atoms with Crippen molar-refractivity contribution in [3.8, 4) is 0 Å². The first kappa shape index (κ1) is 15.9. The van der Waals surface area contributed by atoms with Gasteiger partial charge in [0.05, 0.1) is 21.1 Å². The van der Waals surface area contributed by atoms with E-state index in [1.807, 2.05) is 6.92 Å². The summed E-state index contributed by atoms with van der Waals surface area (Å²) in [6.45, 7) is 7.14. The van der Waals surface area contributed by atoms with Crippen LogP contribution in [0.2, 0.25) is 0 Å². The molecule has 2 aliphatic rings. The second-order valence-electron chi connectivity index (χ2n) is 6.72. The van der Waals surface area contributed by atoms with Crippen LogP contribution >= 0.6 is 11.3 Å². The fourth-order valence-electron chi connectivity index (χ4n) is 3.87. The van der Waals surface area contributed by atoms with E-state index in [2.05, 4.69) is 29.0 Å². The van der Waals surface area contributed by atoms with Crippen LogP contribution in [0.4, 0.5) is 0 Å². The van der Waals surface area contributed by atoms with Crippen molar-refractivity contribution in [2.75, 3.05) is 6.54 Å². The normalized spacial score (nSPS) is 24.4. The van der Waals surface area contributed by atoms with Crippen LogP contribution < -0.4 is 5.32 Å².